The number of hydrogen-bond donors (Lipinski definition) is 2. The van der Waals surface area contributed by atoms with Crippen molar-refractivity contribution in [3.8, 4) is 0 Å². The van der Waals surface area contributed by atoms with Crippen molar-refractivity contribution in [1.82, 2.24) is 5.32 Å². The van der Waals surface area contributed by atoms with Crippen molar-refractivity contribution >= 4 is 5.97 Å². The molecule has 1 fully saturated rings. The van der Waals surface area contributed by atoms with Crippen LogP contribution in [0.1, 0.15) is 66.7 Å². The number of nitrogens with one attached hydrogen (secondary N) is 1. The first-order valence-corrected chi connectivity index (χ1v) is 7.22. The van der Waals surface area contributed by atoms with E-state index >= 15 is 0 Å². The van der Waals surface area contributed by atoms with Gasteiger partial charge in [0.2, 0.25) is 0 Å². The summed E-state index contributed by atoms with van der Waals surface area (Å²) >= 11 is 0. The van der Waals surface area contributed by atoms with E-state index in [1.165, 1.54) is 6.42 Å². The van der Waals surface area contributed by atoms with Crippen LogP contribution in [0.15, 0.2) is 0 Å². The normalized spacial score (nSPS) is 22.6. The number of carbonyl (C=O) groups is 1. The van der Waals surface area contributed by atoms with Crippen LogP contribution in [-0.4, -0.2) is 23.7 Å². The van der Waals surface area contributed by atoms with Crippen molar-refractivity contribution in [2.75, 3.05) is 6.54 Å². The highest BCUT2D eigenvalue weighted by atomic mass is 16.4. The van der Waals surface area contributed by atoms with Gasteiger partial charge < -0.3 is 10.4 Å². The first-order valence-electron chi connectivity index (χ1n) is 7.22. The predicted octanol–water partition coefficient (Wildman–Crippen LogP) is 3.68. The van der Waals surface area contributed by atoms with E-state index in [1.807, 2.05) is 27.7 Å². The molecule has 104 valence electrons. The van der Waals surface area contributed by atoms with E-state index in [-0.39, 0.29) is 12.0 Å². The van der Waals surface area contributed by atoms with Gasteiger partial charge in [-0.1, -0.05) is 47.5 Å². The Bertz CT molecular complexity index is 172. The third-order valence-electron chi connectivity index (χ3n) is 2.74. The molecular weight excluding hydrogens is 214 g/mol. The first kappa shape index (κ1) is 18.8. The molecule has 2 N–H and O–H groups in total. The highest BCUT2D eigenvalue weighted by Crippen LogP contribution is 2.24. The Morgan fingerprint density at radius 2 is 1.71 bits per heavy atom. The van der Waals surface area contributed by atoms with Gasteiger partial charge in [0, 0.05) is 6.04 Å². The molecule has 0 radical (unpaired) electrons. The first-order chi connectivity index (χ1) is 8.25. The molecule has 0 bridgehead atoms. The van der Waals surface area contributed by atoms with Gasteiger partial charge in [-0.2, -0.15) is 0 Å². The summed E-state index contributed by atoms with van der Waals surface area (Å²) < 4.78 is 0. The Labute approximate surface area is 107 Å². The van der Waals surface area contributed by atoms with Gasteiger partial charge in [-0.15, -0.1) is 0 Å². The monoisotopic (exact) mass is 245 g/mol. The van der Waals surface area contributed by atoms with E-state index < -0.39 is 5.97 Å². The molecule has 1 rings (SSSR count). The molecule has 2 unspecified atom stereocenters. The lowest BCUT2D eigenvalue weighted by molar-refractivity contribution is -0.143. The largest absolute Gasteiger partial charge is 0.481 e. The minimum atomic E-state index is -0.631. The van der Waals surface area contributed by atoms with Crippen molar-refractivity contribution in [2.45, 2.75) is 72.8 Å². The summed E-state index contributed by atoms with van der Waals surface area (Å²) in [6.45, 7) is 11.0. The lowest BCUT2D eigenvalue weighted by Gasteiger charge is -2.29. The van der Waals surface area contributed by atoms with E-state index in [1.54, 1.807) is 0 Å². The van der Waals surface area contributed by atoms with Crippen LogP contribution < -0.4 is 5.32 Å². The highest BCUT2D eigenvalue weighted by molar-refractivity contribution is 5.71. The molecule has 1 aliphatic rings. The number of carboxylic acids is 1. The standard InChI is InChI=1S/C10H19NO2.2C2H6/c1-2-7-11-9-6-4-3-5-8(9)10(12)13;2*1-2/h8-9,11H,2-7H2,1H3,(H,12,13);2*1-2H3. The van der Waals surface area contributed by atoms with Crippen molar-refractivity contribution in [2.24, 2.45) is 5.92 Å². The molecule has 0 aliphatic heterocycles. The highest BCUT2D eigenvalue weighted by Gasteiger charge is 2.29. The summed E-state index contributed by atoms with van der Waals surface area (Å²) in [5.41, 5.74) is 0. The van der Waals surface area contributed by atoms with Gasteiger partial charge in [-0.25, -0.2) is 0 Å². The lowest BCUT2D eigenvalue weighted by Crippen LogP contribution is -2.42. The molecule has 0 amide bonds. The van der Waals surface area contributed by atoms with Gasteiger partial charge in [0.25, 0.3) is 0 Å². The van der Waals surface area contributed by atoms with Gasteiger partial charge in [0.05, 0.1) is 5.92 Å². The van der Waals surface area contributed by atoms with Gasteiger partial charge in [0.15, 0.2) is 0 Å². The minimum Gasteiger partial charge on any atom is -0.481 e. The molecule has 0 heterocycles. The fourth-order valence-corrected chi connectivity index (χ4v) is 2.00. The quantitative estimate of drug-likeness (QED) is 0.794. The number of carboxylic acid groups (broad SMARTS) is 1. The van der Waals surface area contributed by atoms with E-state index in [2.05, 4.69) is 12.2 Å². The van der Waals surface area contributed by atoms with Crippen molar-refractivity contribution < 1.29 is 9.90 Å². The van der Waals surface area contributed by atoms with Gasteiger partial charge >= 0.3 is 5.97 Å². The fourth-order valence-electron chi connectivity index (χ4n) is 2.00. The Kier molecular flexibility index (Phi) is 14.9. The zero-order chi connectivity index (χ0) is 13.7. The summed E-state index contributed by atoms with van der Waals surface area (Å²) in [5.74, 6) is -0.784. The zero-order valence-electron chi connectivity index (χ0n) is 12.3. The van der Waals surface area contributed by atoms with E-state index in [4.69, 9.17) is 5.11 Å². The summed E-state index contributed by atoms with van der Waals surface area (Å²) in [7, 11) is 0. The van der Waals surface area contributed by atoms with Crippen LogP contribution in [0.3, 0.4) is 0 Å². The number of hydrogen-bond acceptors (Lipinski definition) is 2. The summed E-state index contributed by atoms with van der Waals surface area (Å²) in [6.07, 6.45) is 5.18. The number of rotatable bonds is 4. The third-order valence-corrected chi connectivity index (χ3v) is 2.74. The maximum absolute atomic E-state index is 10.9. The van der Waals surface area contributed by atoms with Gasteiger partial charge in [-0.3, -0.25) is 4.79 Å². The molecule has 0 saturated heterocycles. The summed E-state index contributed by atoms with van der Waals surface area (Å²) in [4.78, 5) is 10.9. The Balaban J connectivity index is 0. The molecule has 3 heteroatoms. The average Bonchev–Trinajstić information content (AvgIpc) is 2.41. The van der Waals surface area contributed by atoms with E-state index in [0.29, 0.717) is 0 Å². The maximum Gasteiger partial charge on any atom is 0.308 e. The van der Waals surface area contributed by atoms with Crippen LogP contribution in [0, 0.1) is 5.92 Å². The topological polar surface area (TPSA) is 49.3 Å². The fraction of sp³-hybridized carbons (Fsp3) is 0.929. The van der Waals surface area contributed by atoms with Crippen molar-refractivity contribution in [3.05, 3.63) is 0 Å². The second kappa shape index (κ2) is 13.5. The summed E-state index contributed by atoms with van der Waals surface area (Å²) in [6, 6.07) is 0.214. The number of aliphatic carboxylic acids is 1. The Morgan fingerprint density at radius 1 is 1.18 bits per heavy atom. The minimum absolute atomic E-state index is 0.153. The van der Waals surface area contributed by atoms with Crippen LogP contribution in [0.2, 0.25) is 0 Å². The Hall–Kier alpha value is -0.570. The van der Waals surface area contributed by atoms with Crippen LogP contribution >= 0.6 is 0 Å². The second-order valence-electron chi connectivity index (χ2n) is 3.79. The maximum atomic E-state index is 10.9. The second-order valence-corrected chi connectivity index (χ2v) is 3.79. The van der Waals surface area contributed by atoms with Crippen molar-refractivity contribution in [1.29, 1.82) is 0 Å². The molecule has 0 spiro atoms. The van der Waals surface area contributed by atoms with Gasteiger partial charge in [-0.05, 0) is 25.8 Å². The van der Waals surface area contributed by atoms with E-state index in [0.717, 1.165) is 32.2 Å². The Morgan fingerprint density at radius 3 is 2.18 bits per heavy atom. The molecule has 0 aromatic carbocycles. The lowest BCUT2D eigenvalue weighted by atomic mass is 9.84. The average molecular weight is 245 g/mol. The molecule has 1 saturated carbocycles. The van der Waals surface area contributed by atoms with Crippen LogP contribution in [0.25, 0.3) is 0 Å². The molecule has 0 aromatic rings. The molecule has 3 nitrogen and oxygen atoms in total. The predicted molar refractivity (Wildman–Crippen MR) is 74.4 cm³/mol. The smallest absolute Gasteiger partial charge is 0.308 e. The zero-order valence-corrected chi connectivity index (χ0v) is 12.3. The molecule has 0 aromatic heterocycles. The van der Waals surface area contributed by atoms with Crippen LogP contribution in [-0.2, 0) is 4.79 Å². The molecule has 1 aliphatic carbocycles. The van der Waals surface area contributed by atoms with E-state index in [9.17, 15) is 4.79 Å². The SMILES string of the molecule is CC.CC.CCCNC1CCCCC1C(=O)O. The summed E-state index contributed by atoms with van der Waals surface area (Å²) in [5, 5.41) is 12.3. The van der Waals surface area contributed by atoms with Gasteiger partial charge in [0.1, 0.15) is 0 Å². The molecule has 17 heavy (non-hydrogen) atoms. The van der Waals surface area contributed by atoms with Crippen molar-refractivity contribution in [3.63, 3.8) is 0 Å². The van der Waals surface area contributed by atoms with Crippen LogP contribution in [0.5, 0.6) is 0 Å². The molecule has 2 atom stereocenters. The van der Waals surface area contributed by atoms with Crippen LogP contribution in [0.4, 0.5) is 0 Å². The molecular formula is C14H31NO2. The third kappa shape index (κ3) is 8.19.